The summed E-state index contributed by atoms with van der Waals surface area (Å²) in [4.78, 5) is 0. The third-order valence-electron chi connectivity index (χ3n) is 2.34. The molecule has 0 fully saturated rings. The number of nitrogens with one attached hydrogen (secondary N) is 1. The lowest BCUT2D eigenvalue weighted by Crippen LogP contribution is -2.23. The molecule has 1 aromatic carbocycles. The van der Waals surface area contributed by atoms with E-state index < -0.39 is 6.10 Å². The van der Waals surface area contributed by atoms with Crippen molar-refractivity contribution >= 4 is 37.5 Å². The Morgan fingerprint density at radius 3 is 2.50 bits per heavy atom. The first kappa shape index (κ1) is 14.0. The fourth-order valence-electron chi connectivity index (χ4n) is 1.36. The van der Waals surface area contributed by atoms with Crippen LogP contribution in [0.3, 0.4) is 0 Å². The van der Waals surface area contributed by atoms with E-state index in [1.165, 1.54) is 0 Å². The Kier molecular flexibility index (Phi) is 5.24. The molecule has 0 amide bonds. The second-order valence-electron chi connectivity index (χ2n) is 3.71. The van der Waals surface area contributed by atoms with Gasteiger partial charge in [-0.1, -0.05) is 15.9 Å². The molecule has 1 atom stereocenters. The van der Waals surface area contributed by atoms with Crippen LogP contribution >= 0.6 is 31.9 Å². The van der Waals surface area contributed by atoms with E-state index >= 15 is 0 Å². The summed E-state index contributed by atoms with van der Waals surface area (Å²) >= 11 is 7.01. The van der Waals surface area contributed by atoms with Gasteiger partial charge in [0.15, 0.2) is 0 Å². The molecule has 0 bridgehead atoms. The second kappa shape index (κ2) is 6.00. The van der Waals surface area contributed by atoms with Crippen molar-refractivity contribution in [3.05, 3.63) is 26.1 Å². The lowest BCUT2D eigenvalue weighted by Gasteiger charge is -2.15. The van der Waals surface area contributed by atoms with Crippen molar-refractivity contribution in [1.29, 1.82) is 0 Å². The molecule has 5 heteroatoms. The molecule has 1 aromatic rings. The average molecular weight is 353 g/mol. The molecule has 0 aliphatic rings. The first-order chi connectivity index (χ1) is 7.47. The molecule has 0 spiro atoms. The Bertz CT molecular complexity index is 383. The van der Waals surface area contributed by atoms with E-state index in [1.54, 1.807) is 0 Å². The summed E-state index contributed by atoms with van der Waals surface area (Å²) in [6.07, 6.45) is -0.740. The largest absolute Gasteiger partial charge is 0.394 e. The smallest absolute Gasteiger partial charge is 0.0942 e. The van der Waals surface area contributed by atoms with Gasteiger partial charge in [0.05, 0.1) is 12.7 Å². The summed E-state index contributed by atoms with van der Waals surface area (Å²) in [5.41, 5.74) is 3.16. The van der Waals surface area contributed by atoms with Crippen molar-refractivity contribution in [3.63, 3.8) is 0 Å². The van der Waals surface area contributed by atoms with Crippen molar-refractivity contribution in [2.24, 2.45) is 0 Å². The summed E-state index contributed by atoms with van der Waals surface area (Å²) in [6.45, 7) is 4.11. The Morgan fingerprint density at radius 2 is 1.94 bits per heavy atom. The third kappa shape index (κ3) is 3.20. The third-order valence-corrected chi connectivity index (χ3v) is 4.58. The summed E-state index contributed by atoms with van der Waals surface area (Å²) in [7, 11) is 0. The lowest BCUT2D eigenvalue weighted by molar-refractivity contribution is 0.105. The quantitative estimate of drug-likeness (QED) is 0.780. The van der Waals surface area contributed by atoms with Gasteiger partial charge < -0.3 is 15.5 Å². The topological polar surface area (TPSA) is 52.5 Å². The van der Waals surface area contributed by atoms with Gasteiger partial charge in [-0.15, -0.1) is 0 Å². The molecule has 0 aromatic heterocycles. The van der Waals surface area contributed by atoms with Gasteiger partial charge in [0.2, 0.25) is 0 Å². The van der Waals surface area contributed by atoms with E-state index in [9.17, 15) is 5.11 Å². The minimum atomic E-state index is -0.740. The van der Waals surface area contributed by atoms with Crippen LogP contribution in [0.4, 0.5) is 5.69 Å². The fraction of sp³-hybridized carbons (Fsp3) is 0.455. The van der Waals surface area contributed by atoms with Crippen LogP contribution in [0.1, 0.15) is 11.1 Å². The van der Waals surface area contributed by atoms with Crippen LogP contribution in [0.25, 0.3) is 0 Å². The van der Waals surface area contributed by atoms with E-state index in [2.05, 4.69) is 37.2 Å². The summed E-state index contributed by atoms with van der Waals surface area (Å²) in [5.74, 6) is 0. The maximum Gasteiger partial charge on any atom is 0.0942 e. The van der Waals surface area contributed by atoms with Crippen LogP contribution in [0.5, 0.6) is 0 Å². The minimum absolute atomic E-state index is 0.237. The van der Waals surface area contributed by atoms with Gasteiger partial charge >= 0.3 is 0 Å². The maximum atomic E-state index is 9.27. The van der Waals surface area contributed by atoms with Crippen LogP contribution in [0, 0.1) is 13.8 Å². The number of hydrogen-bond acceptors (Lipinski definition) is 3. The Hall–Kier alpha value is -0.100. The maximum absolute atomic E-state index is 9.27. The van der Waals surface area contributed by atoms with Crippen LogP contribution in [0.2, 0.25) is 0 Å². The van der Waals surface area contributed by atoms with Crippen LogP contribution in [-0.2, 0) is 0 Å². The van der Waals surface area contributed by atoms with E-state index in [0.717, 1.165) is 25.8 Å². The van der Waals surface area contributed by atoms with Gasteiger partial charge in [-0.2, -0.15) is 0 Å². The average Bonchev–Trinajstić information content (AvgIpc) is 2.28. The minimum Gasteiger partial charge on any atom is -0.394 e. The molecule has 1 unspecified atom stereocenters. The predicted octanol–water partition coefficient (Wildman–Crippen LogP) is 2.59. The molecule has 3 nitrogen and oxygen atoms in total. The number of aliphatic hydroxyl groups excluding tert-OH is 2. The van der Waals surface area contributed by atoms with Gasteiger partial charge in [-0.05, 0) is 47.0 Å². The molecule has 90 valence electrons. The van der Waals surface area contributed by atoms with Crippen LogP contribution in [-0.4, -0.2) is 29.5 Å². The molecule has 3 N–H and O–H groups in total. The zero-order valence-electron chi connectivity index (χ0n) is 9.22. The second-order valence-corrected chi connectivity index (χ2v) is 5.30. The summed E-state index contributed by atoms with van der Waals surface area (Å²) < 4.78 is 2.04. The zero-order chi connectivity index (χ0) is 12.3. The van der Waals surface area contributed by atoms with Gasteiger partial charge in [-0.3, -0.25) is 0 Å². The fourth-order valence-corrected chi connectivity index (χ4v) is 2.39. The van der Waals surface area contributed by atoms with E-state index in [1.807, 2.05) is 19.9 Å². The molecule has 0 aliphatic heterocycles. The molecule has 0 heterocycles. The highest BCUT2D eigenvalue weighted by Gasteiger charge is 2.10. The molecular weight excluding hydrogens is 338 g/mol. The number of anilines is 1. The predicted molar refractivity (Wildman–Crippen MR) is 72.9 cm³/mol. The molecular formula is C11H15Br2NO2. The summed E-state index contributed by atoms with van der Waals surface area (Å²) in [6, 6.07) is 1.99. The number of aliphatic hydroxyl groups is 2. The van der Waals surface area contributed by atoms with Gasteiger partial charge in [0.1, 0.15) is 0 Å². The SMILES string of the molecule is Cc1cc(NCC(O)CO)c(Br)c(C)c1Br. The van der Waals surface area contributed by atoms with Gasteiger partial charge in [0, 0.05) is 21.2 Å². The van der Waals surface area contributed by atoms with Crippen molar-refractivity contribution in [2.45, 2.75) is 20.0 Å². The molecule has 0 saturated carbocycles. The first-order valence-corrected chi connectivity index (χ1v) is 6.54. The van der Waals surface area contributed by atoms with Crippen LogP contribution < -0.4 is 5.32 Å². The van der Waals surface area contributed by atoms with Crippen molar-refractivity contribution < 1.29 is 10.2 Å². The standard InChI is InChI=1S/C11H15Br2NO2/c1-6-3-9(14-4-8(16)5-15)11(13)7(2)10(6)12/h3,8,14-16H,4-5H2,1-2H3. The van der Waals surface area contributed by atoms with E-state index in [4.69, 9.17) is 5.11 Å². The van der Waals surface area contributed by atoms with Crippen molar-refractivity contribution in [1.82, 2.24) is 0 Å². The van der Waals surface area contributed by atoms with Crippen LogP contribution in [0.15, 0.2) is 15.0 Å². The Balaban J connectivity index is 2.89. The van der Waals surface area contributed by atoms with E-state index in [0.29, 0.717) is 6.54 Å². The van der Waals surface area contributed by atoms with Gasteiger partial charge in [0.25, 0.3) is 0 Å². The Morgan fingerprint density at radius 1 is 1.31 bits per heavy atom. The number of hydrogen-bond donors (Lipinski definition) is 3. The molecule has 16 heavy (non-hydrogen) atoms. The number of benzene rings is 1. The highest BCUT2D eigenvalue weighted by Crippen LogP contribution is 2.34. The lowest BCUT2D eigenvalue weighted by atomic mass is 10.1. The molecule has 0 radical (unpaired) electrons. The highest BCUT2D eigenvalue weighted by atomic mass is 79.9. The number of aryl methyl sites for hydroxylation is 1. The van der Waals surface area contributed by atoms with Crippen molar-refractivity contribution in [2.75, 3.05) is 18.5 Å². The monoisotopic (exact) mass is 351 g/mol. The Labute approximate surface area is 112 Å². The normalized spacial score (nSPS) is 12.6. The number of halogens is 2. The molecule has 0 saturated heterocycles. The van der Waals surface area contributed by atoms with Crippen molar-refractivity contribution in [3.8, 4) is 0 Å². The van der Waals surface area contributed by atoms with E-state index in [-0.39, 0.29) is 6.61 Å². The van der Waals surface area contributed by atoms with Gasteiger partial charge in [-0.25, -0.2) is 0 Å². The molecule has 0 aliphatic carbocycles. The first-order valence-electron chi connectivity index (χ1n) is 4.95. The zero-order valence-corrected chi connectivity index (χ0v) is 12.4. The number of rotatable bonds is 4. The highest BCUT2D eigenvalue weighted by molar-refractivity contribution is 9.11. The molecule has 1 rings (SSSR count). The summed E-state index contributed by atoms with van der Waals surface area (Å²) in [5, 5.41) is 21.1.